The minimum atomic E-state index is 0.621. The first-order valence-electron chi connectivity index (χ1n) is 5.20. The van der Waals surface area contributed by atoms with E-state index < -0.39 is 0 Å². The van der Waals surface area contributed by atoms with Crippen molar-refractivity contribution >= 4 is 0 Å². The van der Waals surface area contributed by atoms with Gasteiger partial charge in [-0.15, -0.1) is 0 Å². The lowest BCUT2D eigenvalue weighted by Gasteiger charge is -2.21. The van der Waals surface area contributed by atoms with Crippen LogP contribution in [0.2, 0.25) is 0 Å². The van der Waals surface area contributed by atoms with Gasteiger partial charge in [0.2, 0.25) is 0 Å². The van der Waals surface area contributed by atoms with Crippen LogP contribution in [0.1, 0.15) is 26.2 Å². The number of ether oxygens (including phenoxy) is 1. The number of methoxy groups -OCH3 is 1. The van der Waals surface area contributed by atoms with Gasteiger partial charge in [0.15, 0.2) is 0 Å². The molecule has 13 heavy (non-hydrogen) atoms. The van der Waals surface area contributed by atoms with Gasteiger partial charge in [0.25, 0.3) is 0 Å². The van der Waals surface area contributed by atoms with Crippen LogP contribution in [0.3, 0.4) is 0 Å². The Kier molecular flexibility index (Phi) is 5.09. The average molecular weight is 183 g/mol. The van der Waals surface area contributed by atoms with Crippen molar-refractivity contribution in [1.29, 1.82) is 0 Å². The van der Waals surface area contributed by atoms with Crippen molar-refractivity contribution in [2.24, 2.45) is 5.92 Å². The van der Waals surface area contributed by atoms with Crippen LogP contribution in [0.15, 0.2) is 12.2 Å². The second-order valence-corrected chi connectivity index (χ2v) is 3.95. The lowest BCUT2D eigenvalue weighted by Crippen LogP contribution is -2.34. The predicted octanol–water partition coefficient (Wildman–Crippen LogP) is 1.97. The lowest BCUT2D eigenvalue weighted by molar-refractivity contribution is 0.156. The summed E-state index contributed by atoms with van der Waals surface area (Å²) in [6.45, 7) is 4.15. The first-order chi connectivity index (χ1) is 6.33. The van der Waals surface area contributed by atoms with Gasteiger partial charge in [0.1, 0.15) is 0 Å². The Labute approximate surface area is 81.4 Å². The van der Waals surface area contributed by atoms with Crippen LogP contribution >= 0.6 is 0 Å². The van der Waals surface area contributed by atoms with Gasteiger partial charge in [-0.05, 0) is 25.2 Å². The van der Waals surface area contributed by atoms with Crippen LogP contribution in [0.4, 0.5) is 0 Å². The molecule has 0 radical (unpaired) electrons. The maximum atomic E-state index is 5.09. The van der Waals surface area contributed by atoms with Gasteiger partial charge in [-0.25, -0.2) is 0 Å². The fourth-order valence-corrected chi connectivity index (χ4v) is 1.69. The molecule has 76 valence electrons. The van der Waals surface area contributed by atoms with E-state index >= 15 is 0 Å². The molecule has 0 aromatic carbocycles. The average Bonchev–Trinajstić information content (AvgIpc) is 2.17. The third-order valence-electron chi connectivity index (χ3n) is 2.48. The van der Waals surface area contributed by atoms with Crippen molar-refractivity contribution in [3.05, 3.63) is 12.2 Å². The molecule has 2 unspecified atom stereocenters. The molecule has 2 heteroatoms. The third kappa shape index (κ3) is 4.44. The maximum Gasteiger partial charge on any atom is 0.0499 e. The van der Waals surface area contributed by atoms with Gasteiger partial charge in [-0.3, -0.25) is 0 Å². The summed E-state index contributed by atoms with van der Waals surface area (Å²) >= 11 is 0. The zero-order valence-electron chi connectivity index (χ0n) is 8.75. The Balaban J connectivity index is 2.07. The molecular formula is C11H21NO. The molecule has 1 aliphatic rings. The minimum absolute atomic E-state index is 0.621. The number of rotatable bonds is 5. The molecule has 0 amide bonds. The Bertz CT molecular complexity index is 156. The summed E-state index contributed by atoms with van der Waals surface area (Å²) < 4.78 is 5.09. The number of hydrogen-bond acceptors (Lipinski definition) is 2. The van der Waals surface area contributed by atoms with E-state index in [1.54, 1.807) is 7.11 Å². The van der Waals surface area contributed by atoms with E-state index in [0.717, 1.165) is 13.2 Å². The Morgan fingerprint density at radius 2 is 2.38 bits per heavy atom. The van der Waals surface area contributed by atoms with Crippen molar-refractivity contribution in [1.82, 2.24) is 5.32 Å². The van der Waals surface area contributed by atoms with Gasteiger partial charge in [0.05, 0.1) is 0 Å². The Morgan fingerprint density at radius 3 is 3.00 bits per heavy atom. The molecule has 1 rings (SSSR count). The van der Waals surface area contributed by atoms with Crippen LogP contribution in [0, 0.1) is 5.92 Å². The van der Waals surface area contributed by atoms with E-state index in [0.29, 0.717) is 12.0 Å². The molecule has 0 spiro atoms. The highest BCUT2D eigenvalue weighted by Gasteiger charge is 2.10. The first kappa shape index (κ1) is 10.7. The van der Waals surface area contributed by atoms with Crippen LogP contribution in [-0.2, 0) is 4.74 Å². The molecule has 0 saturated carbocycles. The molecule has 2 atom stereocenters. The smallest absolute Gasteiger partial charge is 0.0499 e. The van der Waals surface area contributed by atoms with Crippen molar-refractivity contribution in [2.45, 2.75) is 32.2 Å². The summed E-state index contributed by atoms with van der Waals surface area (Å²) in [6.07, 6.45) is 8.27. The molecule has 0 bridgehead atoms. The first-order valence-corrected chi connectivity index (χ1v) is 5.20. The van der Waals surface area contributed by atoms with E-state index in [1.165, 1.54) is 19.3 Å². The van der Waals surface area contributed by atoms with Gasteiger partial charge in [0, 0.05) is 26.3 Å². The molecule has 0 fully saturated rings. The normalized spacial score (nSPS) is 24.6. The summed E-state index contributed by atoms with van der Waals surface area (Å²) in [5.74, 6) is 0.621. The van der Waals surface area contributed by atoms with Crippen molar-refractivity contribution in [3.8, 4) is 0 Å². The Morgan fingerprint density at radius 1 is 1.54 bits per heavy atom. The van der Waals surface area contributed by atoms with E-state index in [4.69, 9.17) is 4.74 Å². The molecule has 0 aromatic heterocycles. The summed E-state index contributed by atoms with van der Waals surface area (Å²) in [7, 11) is 1.76. The lowest BCUT2D eigenvalue weighted by atomic mass is 10.0. The fraction of sp³-hybridized carbons (Fsp3) is 0.818. The second-order valence-electron chi connectivity index (χ2n) is 3.95. The van der Waals surface area contributed by atoms with Gasteiger partial charge >= 0.3 is 0 Å². The summed E-state index contributed by atoms with van der Waals surface area (Å²) in [5, 5.41) is 3.57. The third-order valence-corrected chi connectivity index (χ3v) is 2.48. The molecule has 1 N–H and O–H groups in total. The van der Waals surface area contributed by atoms with E-state index in [2.05, 4.69) is 24.4 Å². The summed E-state index contributed by atoms with van der Waals surface area (Å²) in [5.41, 5.74) is 0. The topological polar surface area (TPSA) is 21.3 Å². The zero-order valence-corrected chi connectivity index (χ0v) is 8.75. The van der Waals surface area contributed by atoms with Crippen LogP contribution in [-0.4, -0.2) is 26.3 Å². The Hall–Kier alpha value is -0.340. The van der Waals surface area contributed by atoms with Crippen LogP contribution in [0.5, 0.6) is 0 Å². The number of nitrogens with one attached hydrogen (secondary N) is 1. The molecule has 2 nitrogen and oxygen atoms in total. The SMILES string of the molecule is COCC(C)CNC1CC=CCC1. The molecule has 0 saturated heterocycles. The standard InChI is InChI=1S/C11H21NO/c1-10(9-13-2)8-12-11-6-4-3-5-7-11/h3-4,10-12H,5-9H2,1-2H3. The number of hydrogen-bond donors (Lipinski definition) is 1. The van der Waals surface area contributed by atoms with E-state index in [1.807, 2.05) is 0 Å². The molecular weight excluding hydrogens is 162 g/mol. The zero-order chi connectivity index (χ0) is 9.52. The molecule has 1 aliphatic carbocycles. The maximum absolute atomic E-state index is 5.09. The summed E-state index contributed by atoms with van der Waals surface area (Å²) in [4.78, 5) is 0. The van der Waals surface area contributed by atoms with E-state index in [-0.39, 0.29) is 0 Å². The monoisotopic (exact) mass is 183 g/mol. The van der Waals surface area contributed by atoms with Gasteiger partial charge in [-0.1, -0.05) is 19.1 Å². The predicted molar refractivity (Wildman–Crippen MR) is 55.8 cm³/mol. The van der Waals surface area contributed by atoms with E-state index in [9.17, 15) is 0 Å². The van der Waals surface area contributed by atoms with Gasteiger partial charge < -0.3 is 10.1 Å². The minimum Gasteiger partial charge on any atom is -0.384 e. The van der Waals surface area contributed by atoms with Crippen molar-refractivity contribution in [2.75, 3.05) is 20.3 Å². The quantitative estimate of drug-likeness (QED) is 0.658. The van der Waals surface area contributed by atoms with Crippen LogP contribution in [0.25, 0.3) is 0 Å². The van der Waals surface area contributed by atoms with Crippen molar-refractivity contribution < 1.29 is 4.74 Å². The molecule has 0 aliphatic heterocycles. The highest BCUT2D eigenvalue weighted by atomic mass is 16.5. The van der Waals surface area contributed by atoms with Crippen LogP contribution < -0.4 is 5.32 Å². The highest BCUT2D eigenvalue weighted by Crippen LogP contribution is 2.10. The fourth-order valence-electron chi connectivity index (χ4n) is 1.69. The largest absolute Gasteiger partial charge is 0.384 e. The molecule has 0 aromatic rings. The summed E-state index contributed by atoms with van der Waals surface area (Å²) in [6, 6.07) is 0.698. The van der Waals surface area contributed by atoms with Crippen molar-refractivity contribution in [3.63, 3.8) is 0 Å². The molecule has 0 heterocycles. The number of allylic oxidation sites excluding steroid dienone is 1. The highest BCUT2D eigenvalue weighted by molar-refractivity contribution is 4.92. The second kappa shape index (κ2) is 6.17. The van der Waals surface area contributed by atoms with Gasteiger partial charge in [-0.2, -0.15) is 0 Å².